The topological polar surface area (TPSA) is 104 Å². The van der Waals surface area contributed by atoms with Gasteiger partial charge in [0.2, 0.25) is 0 Å². The molecular weight excluding hydrogens is 466 g/mol. The number of nitrogens with zero attached hydrogens (tertiary/aromatic N) is 1. The van der Waals surface area contributed by atoms with Crippen LogP contribution in [-0.2, 0) is 17.8 Å². The fourth-order valence-electron chi connectivity index (χ4n) is 2.69. The zero-order chi connectivity index (χ0) is 24.0. The number of carbonyl (C=O) groups is 2. The maximum Gasteiger partial charge on any atom is 0.573 e. The number of amides is 2. The van der Waals surface area contributed by atoms with Gasteiger partial charge in [0.1, 0.15) is 28.0 Å². The van der Waals surface area contributed by atoms with Gasteiger partial charge in [-0.05, 0) is 42.0 Å². The third-order valence-corrected chi connectivity index (χ3v) is 5.17. The smallest absolute Gasteiger partial charge is 0.484 e. The molecule has 0 saturated heterocycles. The predicted octanol–water partition coefficient (Wildman–Crippen LogP) is 3.57. The Labute approximate surface area is 189 Å². The number of nitrogens with one attached hydrogen (secondary N) is 1. The highest BCUT2D eigenvalue weighted by molar-refractivity contribution is 7.12. The number of rotatable bonds is 9. The second kappa shape index (κ2) is 10.3. The van der Waals surface area contributed by atoms with Crippen LogP contribution in [-0.4, -0.2) is 29.8 Å². The fraction of sp³-hybridized carbons (Fsp3) is 0.190. The van der Waals surface area contributed by atoms with Gasteiger partial charge in [-0.1, -0.05) is 12.1 Å². The first-order chi connectivity index (χ1) is 15.6. The summed E-state index contributed by atoms with van der Waals surface area (Å²) in [5.41, 5.74) is 6.22. The van der Waals surface area contributed by atoms with Crippen molar-refractivity contribution in [3.05, 3.63) is 75.5 Å². The number of nitrogens with two attached hydrogens (primary N) is 1. The lowest BCUT2D eigenvalue weighted by Crippen LogP contribution is -2.28. The van der Waals surface area contributed by atoms with E-state index in [4.69, 9.17) is 10.5 Å². The van der Waals surface area contributed by atoms with Crippen LogP contribution in [0, 0.1) is 5.82 Å². The second-order valence-electron chi connectivity index (χ2n) is 6.63. The Balaban J connectivity index is 1.53. The molecular formula is C21H17F4N3O4S. The normalized spacial score (nSPS) is 11.2. The van der Waals surface area contributed by atoms with Crippen LogP contribution in [0.25, 0.3) is 0 Å². The molecule has 12 heteroatoms. The Morgan fingerprint density at radius 2 is 1.67 bits per heavy atom. The Hall–Kier alpha value is -3.67. The number of carbonyl (C=O) groups excluding carboxylic acids is 2. The average Bonchev–Trinajstić information content (AvgIpc) is 3.15. The molecule has 3 rings (SSSR count). The molecule has 3 aromatic rings. The van der Waals surface area contributed by atoms with E-state index in [0.717, 1.165) is 17.7 Å². The van der Waals surface area contributed by atoms with Crippen molar-refractivity contribution in [2.24, 2.45) is 5.73 Å². The number of hydrogen-bond donors (Lipinski definition) is 2. The van der Waals surface area contributed by atoms with E-state index < -0.39 is 30.5 Å². The van der Waals surface area contributed by atoms with Gasteiger partial charge in [-0.2, -0.15) is 0 Å². The van der Waals surface area contributed by atoms with Gasteiger partial charge in [-0.3, -0.25) is 9.59 Å². The SMILES string of the molecule is NC(=O)c1nc(CNC(=O)COc2ccc(OC(F)(F)F)cc2)sc1Cc1ccc(F)cc1. The third kappa shape index (κ3) is 7.45. The van der Waals surface area contributed by atoms with Gasteiger partial charge in [0.05, 0.1) is 6.54 Å². The van der Waals surface area contributed by atoms with Crippen molar-refractivity contribution in [2.75, 3.05) is 6.61 Å². The average molecular weight is 483 g/mol. The van der Waals surface area contributed by atoms with Crippen LogP contribution in [0.2, 0.25) is 0 Å². The third-order valence-electron chi connectivity index (χ3n) is 4.12. The summed E-state index contributed by atoms with van der Waals surface area (Å²) in [5, 5.41) is 3.00. The lowest BCUT2D eigenvalue weighted by molar-refractivity contribution is -0.274. The van der Waals surface area contributed by atoms with Crippen molar-refractivity contribution in [2.45, 2.75) is 19.3 Å². The molecule has 0 aliphatic carbocycles. The van der Waals surface area contributed by atoms with Gasteiger partial charge in [0.25, 0.3) is 11.8 Å². The minimum Gasteiger partial charge on any atom is -0.484 e. The lowest BCUT2D eigenvalue weighted by Gasteiger charge is -2.10. The van der Waals surface area contributed by atoms with E-state index in [1.54, 1.807) is 12.1 Å². The molecule has 0 aliphatic rings. The first-order valence-electron chi connectivity index (χ1n) is 9.37. The fourth-order valence-corrected chi connectivity index (χ4v) is 3.74. The van der Waals surface area contributed by atoms with Gasteiger partial charge >= 0.3 is 6.36 Å². The molecule has 0 fully saturated rings. The molecule has 0 saturated carbocycles. The second-order valence-corrected chi connectivity index (χ2v) is 7.80. The maximum atomic E-state index is 13.1. The minimum atomic E-state index is -4.80. The van der Waals surface area contributed by atoms with Gasteiger partial charge in [-0.25, -0.2) is 9.37 Å². The maximum absolute atomic E-state index is 13.1. The highest BCUT2D eigenvalue weighted by Gasteiger charge is 2.31. The predicted molar refractivity (Wildman–Crippen MR) is 110 cm³/mol. The number of ether oxygens (including phenoxy) is 2. The molecule has 1 heterocycles. The van der Waals surface area contributed by atoms with Gasteiger partial charge in [0, 0.05) is 11.3 Å². The zero-order valence-electron chi connectivity index (χ0n) is 16.8. The summed E-state index contributed by atoms with van der Waals surface area (Å²) in [7, 11) is 0. The molecule has 0 radical (unpaired) electrons. The summed E-state index contributed by atoms with van der Waals surface area (Å²) in [4.78, 5) is 28.5. The van der Waals surface area contributed by atoms with Crippen LogP contribution >= 0.6 is 11.3 Å². The van der Waals surface area contributed by atoms with Gasteiger partial charge < -0.3 is 20.5 Å². The van der Waals surface area contributed by atoms with E-state index in [0.29, 0.717) is 16.3 Å². The molecule has 0 unspecified atom stereocenters. The molecule has 3 N–H and O–H groups in total. The van der Waals surface area contributed by atoms with Crippen LogP contribution in [0.5, 0.6) is 11.5 Å². The summed E-state index contributed by atoms with van der Waals surface area (Å²) in [6.07, 6.45) is -4.48. The molecule has 0 atom stereocenters. The molecule has 33 heavy (non-hydrogen) atoms. The standard InChI is InChI=1S/C21H17F4N3O4S/c22-13-3-1-12(2-4-13)9-16-19(20(26)30)28-18(33-16)10-27-17(29)11-31-14-5-7-15(8-6-14)32-21(23,24)25/h1-8H,9-11H2,(H2,26,30)(H,27,29). The zero-order valence-corrected chi connectivity index (χ0v) is 17.6. The van der Waals surface area contributed by atoms with Crippen LogP contribution < -0.4 is 20.5 Å². The van der Waals surface area contributed by atoms with Crippen LogP contribution in [0.4, 0.5) is 17.6 Å². The number of benzene rings is 2. The highest BCUT2D eigenvalue weighted by Crippen LogP contribution is 2.25. The minimum absolute atomic E-state index is 0.00885. The molecule has 0 bridgehead atoms. The molecule has 1 aromatic heterocycles. The Morgan fingerprint density at radius 3 is 2.27 bits per heavy atom. The van der Waals surface area contributed by atoms with Crippen LogP contribution in [0.15, 0.2) is 48.5 Å². The van der Waals surface area contributed by atoms with Gasteiger partial charge in [-0.15, -0.1) is 24.5 Å². The first-order valence-corrected chi connectivity index (χ1v) is 10.2. The van der Waals surface area contributed by atoms with Crippen molar-refractivity contribution in [1.82, 2.24) is 10.3 Å². The number of thiazole rings is 1. The summed E-state index contributed by atoms with van der Waals surface area (Å²) in [5.74, 6) is -1.85. The molecule has 174 valence electrons. The summed E-state index contributed by atoms with van der Waals surface area (Å²) < 4.78 is 58.6. The molecule has 2 aromatic carbocycles. The van der Waals surface area contributed by atoms with Crippen molar-refractivity contribution < 1.29 is 36.6 Å². The number of hydrogen-bond acceptors (Lipinski definition) is 6. The summed E-state index contributed by atoms with van der Waals surface area (Å²) >= 11 is 1.18. The quantitative estimate of drug-likeness (QED) is 0.453. The number of primary amides is 1. The molecule has 0 aliphatic heterocycles. The molecule has 0 spiro atoms. The monoisotopic (exact) mass is 483 g/mol. The van der Waals surface area contributed by atoms with E-state index in [1.165, 1.54) is 35.6 Å². The molecule has 7 nitrogen and oxygen atoms in total. The lowest BCUT2D eigenvalue weighted by atomic mass is 10.1. The molecule has 2 amide bonds. The van der Waals surface area contributed by atoms with Crippen molar-refractivity contribution in [1.29, 1.82) is 0 Å². The first kappa shape index (κ1) is 24.0. The Morgan fingerprint density at radius 1 is 1.03 bits per heavy atom. The number of alkyl halides is 3. The van der Waals surface area contributed by atoms with Gasteiger partial charge in [0.15, 0.2) is 6.61 Å². The largest absolute Gasteiger partial charge is 0.573 e. The Kier molecular flexibility index (Phi) is 7.48. The summed E-state index contributed by atoms with van der Waals surface area (Å²) in [6, 6.07) is 10.4. The van der Waals surface area contributed by atoms with E-state index >= 15 is 0 Å². The van der Waals surface area contributed by atoms with Crippen molar-refractivity contribution >= 4 is 23.2 Å². The summed E-state index contributed by atoms with van der Waals surface area (Å²) in [6.45, 7) is -0.384. The van der Waals surface area contributed by atoms with Crippen molar-refractivity contribution in [3.63, 3.8) is 0 Å². The Bertz CT molecular complexity index is 1120. The van der Waals surface area contributed by atoms with E-state index in [-0.39, 0.29) is 23.8 Å². The number of halogens is 4. The van der Waals surface area contributed by atoms with E-state index in [1.807, 2.05) is 0 Å². The van der Waals surface area contributed by atoms with E-state index in [9.17, 15) is 27.2 Å². The highest BCUT2D eigenvalue weighted by atomic mass is 32.1. The van der Waals surface area contributed by atoms with Crippen LogP contribution in [0.1, 0.15) is 25.9 Å². The van der Waals surface area contributed by atoms with Crippen LogP contribution in [0.3, 0.4) is 0 Å². The van der Waals surface area contributed by atoms with E-state index in [2.05, 4.69) is 15.0 Å². The number of aromatic nitrogens is 1. The van der Waals surface area contributed by atoms with Crippen molar-refractivity contribution in [3.8, 4) is 11.5 Å².